The summed E-state index contributed by atoms with van der Waals surface area (Å²) in [7, 11) is -3.15. The first-order valence-corrected chi connectivity index (χ1v) is 28.6. The van der Waals surface area contributed by atoms with Crippen LogP contribution in [-0.4, -0.2) is 86.2 Å². The van der Waals surface area contributed by atoms with Gasteiger partial charge in [-0.15, -0.1) is 0 Å². The van der Waals surface area contributed by atoms with Gasteiger partial charge in [-0.05, 0) is 96.0 Å². The number of hydrogen-bond donors (Lipinski definition) is 2. The number of hydrogen-bond acceptors (Lipinski definition) is 8. The van der Waals surface area contributed by atoms with Crippen molar-refractivity contribution in [2.75, 3.05) is 18.4 Å². The molecule has 0 amide bonds. The number of halogens is 3. The van der Waals surface area contributed by atoms with Gasteiger partial charge in [-0.1, -0.05) is 26.0 Å². The fourth-order valence-corrected chi connectivity index (χ4v) is 2.41. The molecule has 2 aromatic rings. The van der Waals surface area contributed by atoms with Gasteiger partial charge < -0.3 is 21.2 Å². The van der Waals surface area contributed by atoms with Crippen LogP contribution in [0.4, 0.5) is 5.82 Å². The van der Waals surface area contributed by atoms with Gasteiger partial charge in [0.1, 0.15) is 19.6 Å². The van der Waals surface area contributed by atoms with Crippen molar-refractivity contribution >= 4 is 125 Å². The van der Waals surface area contributed by atoms with Crippen molar-refractivity contribution in [1.82, 2.24) is 9.97 Å². The van der Waals surface area contributed by atoms with Gasteiger partial charge in [0, 0.05) is 6.54 Å². The molecule has 0 radical (unpaired) electrons. The molecule has 160 valence electrons. The van der Waals surface area contributed by atoms with Crippen LogP contribution in [0, 0.1) is 0 Å². The van der Waals surface area contributed by atoms with E-state index in [1.165, 1.54) is 63.2 Å². The van der Waals surface area contributed by atoms with E-state index in [2.05, 4.69) is 81.6 Å². The molecule has 0 saturated heterocycles. The Morgan fingerprint density at radius 1 is 1.03 bits per heavy atom. The first-order chi connectivity index (χ1) is 14.3. The van der Waals surface area contributed by atoms with E-state index in [9.17, 15) is 0 Å². The number of anilines is 1. The minimum absolute atomic E-state index is 0. The van der Waals surface area contributed by atoms with Crippen molar-refractivity contribution < 1.29 is 70.8 Å². The summed E-state index contributed by atoms with van der Waals surface area (Å²) in [6.45, 7) is 5.98. The van der Waals surface area contributed by atoms with Crippen LogP contribution in [0.1, 0.15) is 26.7 Å². The molecule has 0 bridgehead atoms. The van der Waals surface area contributed by atoms with Gasteiger partial charge in [-0.3, -0.25) is 0 Å². The molecule has 0 fully saturated rings. The van der Waals surface area contributed by atoms with Crippen molar-refractivity contribution in [3.05, 3.63) is 50.2 Å². The van der Waals surface area contributed by atoms with Gasteiger partial charge in [0.2, 0.25) is 0 Å². The van der Waals surface area contributed by atoms with Gasteiger partial charge in [0.25, 0.3) is 0 Å². The minimum atomic E-state index is -3.15. The van der Waals surface area contributed by atoms with Crippen molar-refractivity contribution in [2.45, 2.75) is 26.7 Å². The predicted octanol–water partition coefficient (Wildman–Crippen LogP) is 0.166. The maximum atomic E-state index is 8.87. The monoisotopic (exact) mass is 720 g/mol. The molecule has 1 atom stereocenters. The molecule has 3 N–H and O–H groups in total. The zero-order valence-electron chi connectivity index (χ0n) is 18.5. The molecular weight excluding hydrogens is 700 g/mol. The van der Waals surface area contributed by atoms with E-state index in [1.54, 1.807) is 0 Å². The Bertz CT molecular complexity index is 652. The number of nitrogens with zero attached hydrogens (tertiary/aromatic N) is 2. The molecule has 1 unspecified atom stereocenters. The van der Waals surface area contributed by atoms with E-state index in [1.807, 2.05) is 36.4 Å². The van der Waals surface area contributed by atoms with Crippen LogP contribution in [0.15, 0.2) is 50.2 Å². The van der Waals surface area contributed by atoms with Gasteiger partial charge in [-0.25, -0.2) is 14.6 Å². The van der Waals surface area contributed by atoms with Crippen LogP contribution < -0.4 is 72.6 Å². The first-order valence-electron chi connectivity index (χ1n) is 9.09. The van der Waals surface area contributed by atoms with E-state index in [0.717, 1.165) is 45.6 Å². The third-order valence-corrected chi connectivity index (χ3v) is 3.75. The Labute approximate surface area is 298 Å². The van der Waals surface area contributed by atoms with Crippen LogP contribution >= 0.6 is 56.0 Å². The van der Waals surface area contributed by atoms with Crippen LogP contribution in [0.25, 0.3) is 0 Å². The molecule has 0 spiro atoms. The Kier molecular flexibility index (Phi) is 47.1. The molecule has 0 aliphatic rings. The summed E-state index contributed by atoms with van der Waals surface area (Å²) in [6.07, 6.45) is 2.22. The van der Waals surface area contributed by atoms with Crippen LogP contribution in [0.3, 0.4) is 0 Å². The third kappa shape index (κ3) is 36.6. The molecule has 8 nitrogen and oxygen atoms in total. The molecule has 2 rings (SSSR count). The topological polar surface area (TPSA) is 136 Å². The standard InChI is InChI=1S/C8H11BrN2.C5H3Br2N.C3H9N.3K.HO4P/c1-2-6-10-8-5-3-4-7(9)11-8;6-4-2-1-3-5(7)8-4;1-2-3-4;;;;1-4-5(2)3/h3-5H,2,6H2,1H3,(H,10,11);1-3H;2-4H2,1H3;;;;1H/q;;;;;+1;/p-1. The third-order valence-electron chi connectivity index (χ3n) is 2.30. The second-order valence-electron chi connectivity index (χ2n) is 4.64. The van der Waals surface area contributed by atoms with Crippen LogP contribution in [0.2, 0.25) is 0 Å². The summed E-state index contributed by atoms with van der Waals surface area (Å²) >= 11 is 12.2. The van der Waals surface area contributed by atoms with E-state index >= 15 is 0 Å². The van der Waals surface area contributed by atoms with Gasteiger partial charge >= 0.3 is 123 Å². The van der Waals surface area contributed by atoms with E-state index in [0.29, 0.717) is 0 Å². The maximum absolute atomic E-state index is 8.87. The van der Waals surface area contributed by atoms with E-state index in [-0.39, 0.29) is 51.4 Å². The fourth-order valence-electron chi connectivity index (χ4n) is 1.14. The molecular formula is C16H23Br3K3N4O4P. The van der Waals surface area contributed by atoms with E-state index in [4.69, 9.17) is 20.4 Å². The molecule has 2 aromatic heterocycles. The Morgan fingerprint density at radius 3 is 1.68 bits per heavy atom. The van der Waals surface area contributed by atoms with E-state index < -0.39 is 8.25 Å². The summed E-state index contributed by atoms with van der Waals surface area (Å²) in [5.74, 6) is 0.932. The van der Waals surface area contributed by atoms with Crippen LogP contribution in [0.5, 0.6) is 0 Å². The Hall–Kier alpha value is 4.39. The quantitative estimate of drug-likeness (QED) is 0.147. The van der Waals surface area contributed by atoms with Gasteiger partial charge in [-0.2, -0.15) is 0 Å². The zero-order valence-corrected chi connectivity index (χ0v) is 33.5. The molecule has 0 saturated carbocycles. The average molecular weight is 723 g/mol. The number of aromatic nitrogens is 2. The summed E-state index contributed by atoms with van der Waals surface area (Å²) in [5, 5.41) is 11.7. The average Bonchev–Trinajstić information content (AvgIpc) is 2.74. The second-order valence-corrected chi connectivity index (χ2v) is 7.68. The summed E-state index contributed by atoms with van der Waals surface area (Å²) in [5.41, 5.74) is 5.03. The van der Waals surface area contributed by atoms with Gasteiger partial charge in [0.15, 0.2) is 0 Å². The molecule has 2 heterocycles. The van der Waals surface area contributed by atoms with Crippen LogP contribution in [-0.2, 0) is 9.24 Å². The zero-order chi connectivity index (χ0) is 23.8. The number of nitrogens with one attached hydrogen (secondary N) is 1. The second kappa shape index (κ2) is 34.4. The number of nitrogens with two attached hydrogens (primary N) is 1. The predicted molar refractivity (Wildman–Crippen MR) is 130 cm³/mol. The van der Waals surface area contributed by atoms with Crippen molar-refractivity contribution in [3.63, 3.8) is 0 Å². The molecule has 15 heteroatoms. The van der Waals surface area contributed by atoms with Crippen molar-refractivity contribution in [2.24, 2.45) is 5.73 Å². The molecule has 31 heavy (non-hydrogen) atoms. The van der Waals surface area contributed by atoms with Gasteiger partial charge in [0.05, 0.1) is 0 Å². The number of rotatable bonds is 5. The summed E-state index contributed by atoms with van der Waals surface area (Å²) in [6, 6.07) is 11.5. The Morgan fingerprint density at radius 2 is 1.42 bits per heavy atom. The number of pyridine rings is 2. The SMILES string of the molecule is Brc1cccc(Br)n1.CCCN.CCCNc1cccc(Br)n1.O=[P+]([O-])O[O-].[K+].[K][K]. The summed E-state index contributed by atoms with van der Waals surface area (Å²) < 4.78 is 13.9. The van der Waals surface area contributed by atoms with Crippen molar-refractivity contribution in [1.29, 1.82) is 0 Å². The summed E-state index contributed by atoms with van der Waals surface area (Å²) in [4.78, 5) is 17.1. The molecule has 0 aliphatic carbocycles. The normalized spacial score (nSPS) is 8.84. The molecule has 0 aliphatic heterocycles. The Balaban J connectivity index is -0.000000162. The molecule has 0 aromatic carbocycles. The van der Waals surface area contributed by atoms with Crippen molar-refractivity contribution in [3.8, 4) is 0 Å². The fraction of sp³-hybridized carbons (Fsp3) is 0.375. The first kappa shape index (κ1) is 42.5.